The largest absolute Gasteiger partial charge is 0.368 e. The third-order valence-electron chi connectivity index (χ3n) is 4.21. The van der Waals surface area contributed by atoms with Gasteiger partial charge < -0.3 is 4.90 Å². The maximum absolute atomic E-state index is 13.3. The fourth-order valence-corrected chi connectivity index (χ4v) is 2.73. The molecule has 0 N–H and O–H groups in total. The first kappa shape index (κ1) is 15.0. The second kappa shape index (κ2) is 6.35. The summed E-state index contributed by atoms with van der Waals surface area (Å²) >= 11 is 0. The van der Waals surface area contributed by atoms with Gasteiger partial charge in [-0.25, -0.2) is 4.39 Å². The van der Waals surface area contributed by atoms with Crippen LogP contribution in [0, 0.1) is 5.82 Å². The van der Waals surface area contributed by atoms with Crippen LogP contribution in [-0.4, -0.2) is 42.9 Å². The minimum atomic E-state index is -0.350. The van der Waals surface area contributed by atoms with Crippen LogP contribution in [0.5, 0.6) is 0 Å². The van der Waals surface area contributed by atoms with Crippen LogP contribution in [0.1, 0.15) is 37.6 Å². The highest BCUT2D eigenvalue weighted by atomic mass is 19.1. The lowest BCUT2D eigenvalue weighted by Crippen LogP contribution is -2.49. The third-order valence-corrected chi connectivity index (χ3v) is 4.21. The number of ketones is 1. The molecule has 0 aliphatic carbocycles. The minimum Gasteiger partial charge on any atom is -0.368 e. The van der Waals surface area contributed by atoms with E-state index in [1.165, 1.54) is 19.1 Å². The number of nitrogens with zero attached hydrogens (tertiary/aromatic N) is 2. The summed E-state index contributed by atoms with van der Waals surface area (Å²) in [6.07, 6.45) is 1.15. The molecule has 1 saturated heterocycles. The molecular weight excluding hydrogens is 255 g/mol. The van der Waals surface area contributed by atoms with E-state index in [-0.39, 0.29) is 11.6 Å². The van der Waals surface area contributed by atoms with Crippen LogP contribution in [0.15, 0.2) is 18.2 Å². The van der Waals surface area contributed by atoms with Crippen molar-refractivity contribution in [3.8, 4) is 0 Å². The highest BCUT2D eigenvalue weighted by Crippen LogP contribution is 2.24. The quantitative estimate of drug-likeness (QED) is 0.791. The summed E-state index contributed by atoms with van der Waals surface area (Å²) in [6, 6.07) is 5.10. The van der Waals surface area contributed by atoms with Gasteiger partial charge in [-0.05, 0) is 38.5 Å². The smallest absolute Gasteiger partial charge is 0.161 e. The summed E-state index contributed by atoms with van der Waals surface area (Å²) in [6.45, 7) is 9.69. The average molecular weight is 278 g/mol. The van der Waals surface area contributed by atoms with Crippen molar-refractivity contribution in [2.75, 3.05) is 31.1 Å². The highest BCUT2D eigenvalue weighted by molar-refractivity contribution is 5.99. The Bertz CT molecular complexity index is 481. The number of benzene rings is 1. The first-order valence-corrected chi connectivity index (χ1v) is 7.32. The second-order valence-corrected chi connectivity index (χ2v) is 5.50. The second-order valence-electron chi connectivity index (χ2n) is 5.50. The molecule has 0 amide bonds. The van der Waals surface area contributed by atoms with E-state index in [4.69, 9.17) is 0 Å². The molecule has 0 aromatic heterocycles. The molecule has 1 aliphatic rings. The van der Waals surface area contributed by atoms with Crippen molar-refractivity contribution in [1.29, 1.82) is 0 Å². The van der Waals surface area contributed by atoms with E-state index in [0.29, 0.717) is 11.6 Å². The Hall–Kier alpha value is -1.42. The molecular formula is C16H23FN2O. The van der Waals surface area contributed by atoms with Crippen LogP contribution in [0.3, 0.4) is 0 Å². The number of hydrogen-bond acceptors (Lipinski definition) is 3. The Morgan fingerprint density at radius 2 is 1.95 bits per heavy atom. The fraction of sp³-hybridized carbons (Fsp3) is 0.562. The van der Waals surface area contributed by atoms with E-state index in [0.717, 1.165) is 38.3 Å². The molecule has 1 atom stereocenters. The van der Waals surface area contributed by atoms with Crippen molar-refractivity contribution >= 4 is 11.5 Å². The van der Waals surface area contributed by atoms with Crippen molar-refractivity contribution in [1.82, 2.24) is 4.90 Å². The maximum atomic E-state index is 13.3. The van der Waals surface area contributed by atoms with Crippen molar-refractivity contribution in [3.63, 3.8) is 0 Å². The third kappa shape index (κ3) is 3.18. The lowest BCUT2D eigenvalue weighted by molar-refractivity contribution is 0.101. The van der Waals surface area contributed by atoms with Crippen LogP contribution >= 0.6 is 0 Å². The summed E-state index contributed by atoms with van der Waals surface area (Å²) in [5.74, 6) is -0.430. The van der Waals surface area contributed by atoms with Gasteiger partial charge in [-0.15, -0.1) is 0 Å². The molecule has 0 spiro atoms. The zero-order chi connectivity index (χ0) is 14.7. The Labute approximate surface area is 120 Å². The monoisotopic (exact) mass is 278 g/mol. The lowest BCUT2D eigenvalue weighted by Gasteiger charge is -2.39. The van der Waals surface area contributed by atoms with Crippen LogP contribution < -0.4 is 4.90 Å². The topological polar surface area (TPSA) is 23.6 Å². The first-order chi connectivity index (χ1) is 9.52. The van der Waals surface area contributed by atoms with E-state index in [1.807, 2.05) is 0 Å². The summed E-state index contributed by atoms with van der Waals surface area (Å²) in [7, 11) is 0. The van der Waals surface area contributed by atoms with E-state index < -0.39 is 0 Å². The molecule has 0 saturated carbocycles. The van der Waals surface area contributed by atoms with Gasteiger partial charge in [0, 0.05) is 43.5 Å². The van der Waals surface area contributed by atoms with Crippen molar-refractivity contribution in [2.45, 2.75) is 33.2 Å². The zero-order valence-corrected chi connectivity index (χ0v) is 12.5. The van der Waals surface area contributed by atoms with Gasteiger partial charge in [0.25, 0.3) is 0 Å². The Morgan fingerprint density at radius 1 is 1.30 bits per heavy atom. The molecule has 3 nitrogen and oxygen atoms in total. The normalized spacial score (nSPS) is 18.1. The number of rotatable bonds is 4. The maximum Gasteiger partial charge on any atom is 0.161 e. The number of carbonyl (C=O) groups is 1. The molecule has 1 heterocycles. The molecule has 2 rings (SSSR count). The Balaban J connectivity index is 2.13. The number of anilines is 1. The van der Waals surface area contributed by atoms with Gasteiger partial charge >= 0.3 is 0 Å². The molecule has 1 unspecified atom stereocenters. The van der Waals surface area contributed by atoms with E-state index in [9.17, 15) is 9.18 Å². The molecule has 4 heteroatoms. The summed E-state index contributed by atoms with van der Waals surface area (Å²) in [5, 5.41) is 0. The molecule has 1 aliphatic heterocycles. The van der Waals surface area contributed by atoms with Crippen molar-refractivity contribution < 1.29 is 9.18 Å². The molecule has 0 bridgehead atoms. The van der Waals surface area contributed by atoms with Gasteiger partial charge in [-0.3, -0.25) is 9.69 Å². The SMILES string of the molecule is CCC(C)N1CCN(c2ccc(F)cc2C(C)=O)CC1. The minimum absolute atomic E-state index is 0.0798. The van der Waals surface area contributed by atoms with E-state index in [2.05, 4.69) is 23.6 Å². The average Bonchev–Trinajstić information content (AvgIpc) is 2.46. The van der Waals surface area contributed by atoms with Gasteiger partial charge in [-0.2, -0.15) is 0 Å². The van der Waals surface area contributed by atoms with Crippen LogP contribution in [0.4, 0.5) is 10.1 Å². The molecule has 1 aromatic carbocycles. The molecule has 1 fully saturated rings. The number of hydrogen-bond donors (Lipinski definition) is 0. The standard InChI is InChI=1S/C16H23FN2O/c1-4-12(2)18-7-9-19(10-8-18)16-6-5-14(17)11-15(16)13(3)20/h5-6,11-12H,4,7-10H2,1-3H3. The molecule has 0 radical (unpaired) electrons. The number of piperazine rings is 1. The van der Waals surface area contributed by atoms with Crippen LogP contribution in [0.25, 0.3) is 0 Å². The van der Waals surface area contributed by atoms with Crippen molar-refractivity contribution in [2.24, 2.45) is 0 Å². The lowest BCUT2D eigenvalue weighted by atomic mass is 10.1. The van der Waals surface area contributed by atoms with Gasteiger partial charge in [0.1, 0.15) is 5.82 Å². The van der Waals surface area contributed by atoms with Crippen LogP contribution in [-0.2, 0) is 0 Å². The van der Waals surface area contributed by atoms with Gasteiger partial charge in [0.15, 0.2) is 5.78 Å². The zero-order valence-electron chi connectivity index (χ0n) is 12.5. The molecule has 20 heavy (non-hydrogen) atoms. The predicted octanol–water partition coefficient (Wildman–Crippen LogP) is 2.95. The Morgan fingerprint density at radius 3 is 2.50 bits per heavy atom. The van der Waals surface area contributed by atoms with Crippen molar-refractivity contribution in [3.05, 3.63) is 29.6 Å². The van der Waals surface area contributed by atoms with Crippen LogP contribution in [0.2, 0.25) is 0 Å². The number of halogens is 1. The number of Topliss-reactive ketones (excluding diaryl/α,β-unsaturated/α-hetero) is 1. The highest BCUT2D eigenvalue weighted by Gasteiger charge is 2.22. The van der Waals surface area contributed by atoms with Gasteiger partial charge in [-0.1, -0.05) is 6.92 Å². The number of carbonyl (C=O) groups excluding carboxylic acids is 1. The summed E-state index contributed by atoms with van der Waals surface area (Å²) in [4.78, 5) is 16.3. The van der Waals surface area contributed by atoms with Gasteiger partial charge in [0.2, 0.25) is 0 Å². The summed E-state index contributed by atoms with van der Waals surface area (Å²) < 4.78 is 13.3. The summed E-state index contributed by atoms with van der Waals surface area (Å²) in [5.41, 5.74) is 1.35. The van der Waals surface area contributed by atoms with Gasteiger partial charge in [0.05, 0.1) is 0 Å². The molecule has 110 valence electrons. The van der Waals surface area contributed by atoms with E-state index >= 15 is 0 Å². The Kier molecular flexibility index (Phi) is 4.76. The first-order valence-electron chi connectivity index (χ1n) is 7.32. The molecule has 1 aromatic rings. The predicted molar refractivity (Wildman–Crippen MR) is 79.9 cm³/mol. The fourth-order valence-electron chi connectivity index (χ4n) is 2.73. The van der Waals surface area contributed by atoms with E-state index in [1.54, 1.807) is 6.07 Å².